The van der Waals surface area contributed by atoms with Crippen molar-refractivity contribution < 1.29 is 9.53 Å². The molecular weight excluding hydrogens is 202 g/mol. The average molecular weight is 227 g/mol. The molecule has 0 aromatic carbocycles. The molecule has 0 atom stereocenters. The van der Waals surface area contributed by atoms with Crippen LogP contribution in [0.3, 0.4) is 0 Å². The van der Waals surface area contributed by atoms with E-state index < -0.39 is 0 Å². The maximum Gasteiger partial charge on any atom is 0.311 e. The van der Waals surface area contributed by atoms with Crippen molar-refractivity contribution in [3.63, 3.8) is 0 Å². The van der Waals surface area contributed by atoms with Gasteiger partial charge in [0, 0.05) is 12.3 Å². The molecule has 0 aromatic heterocycles. The Morgan fingerprint density at radius 3 is 2.50 bits per heavy atom. The third kappa shape index (κ3) is 9.69. The van der Waals surface area contributed by atoms with E-state index >= 15 is 0 Å². The summed E-state index contributed by atoms with van der Waals surface area (Å²) < 4.78 is 4.99. The van der Waals surface area contributed by atoms with Gasteiger partial charge in [-0.2, -0.15) is 0 Å². The van der Waals surface area contributed by atoms with Crippen LogP contribution in [0.5, 0.6) is 0 Å². The summed E-state index contributed by atoms with van der Waals surface area (Å²) in [6, 6.07) is 0. The molecule has 0 bridgehead atoms. The molecule has 0 N–H and O–H groups in total. The van der Waals surface area contributed by atoms with Gasteiger partial charge in [0.1, 0.15) is 0 Å². The van der Waals surface area contributed by atoms with Crippen molar-refractivity contribution in [3.05, 3.63) is 0 Å². The predicted octanol–water partition coefficient (Wildman–Crippen LogP) is 3.37. The highest BCUT2D eigenvalue weighted by molar-refractivity contribution is 5.97. The molecule has 0 unspecified atom stereocenters. The molecule has 0 radical (unpaired) electrons. The van der Waals surface area contributed by atoms with Gasteiger partial charge in [-0.1, -0.05) is 33.1 Å². The molecule has 0 spiro atoms. The fraction of sp³-hybridized carbons (Fsp3) is 0.846. The molecule has 94 valence electrons. The van der Waals surface area contributed by atoms with Crippen molar-refractivity contribution in [1.82, 2.24) is 0 Å². The van der Waals surface area contributed by atoms with Gasteiger partial charge >= 0.3 is 5.97 Å². The van der Waals surface area contributed by atoms with Gasteiger partial charge < -0.3 is 4.74 Å². The third-order valence-electron chi connectivity index (χ3n) is 2.26. The number of hydrogen-bond donors (Lipinski definition) is 0. The van der Waals surface area contributed by atoms with Crippen molar-refractivity contribution in [3.8, 4) is 0 Å². The van der Waals surface area contributed by atoms with E-state index in [1.54, 1.807) is 0 Å². The summed E-state index contributed by atoms with van der Waals surface area (Å²) in [6.45, 7) is 7.43. The van der Waals surface area contributed by atoms with Crippen molar-refractivity contribution in [2.75, 3.05) is 13.2 Å². The van der Waals surface area contributed by atoms with Crippen LogP contribution in [0, 0.1) is 0 Å². The zero-order valence-electron chi connectivity index (χ0n) is 10.9. The molecule has 0 amide bonds. The van der Waals surface area contributed by atoms with Crippen molar-refractivity contribution in [2.45, 2.75) is 59.3 Å². The fourth-order valence-corrected chi connectivity index (χ4v) is 1.34. The second-order valence-corrected chi connectivity index (χ2v) is 4.07. The number of carbonyl (C=O) groups excluding carboxylic acids is 1. The molecule has 16 heavy (non-hydrogen) atoms. The summed E-state index contributed by atoms with van der Waals surface area (Å²) in [5, 5.41) is 0. The van der Waals surface area contributed by atoms with Gasteiger partial charge in [0.15, 0.2) is 0 Å². The zero-order chi connectivity index (χ0) is 12.2. The lowest BCUT2D eigenvalue weighted by Crippen LogP contribution is -2.10. The number of unbranched alkanes of at least 4 members (excludes halogenated alkanes) is 3. The van der Waals surface area contributed by atoms with Gasteiger partial charge in [0.05, 0.1) is 13.0 Å². The zero-order valence-corrected chi connectivity index (χ0v) is 10.9. The average Bonchev–Trinajstić information content (AvgIpc) is 2.26. The monoisotopic (exact) mass is 227 g/mol. The number of carbonyl (C=O) groups is 1. The normalized spacial score (nSPS) is 11.6. The molecule has 0 fully saturated rings. The highest BCUT2D eigenvalue weighted by atomic mass is 16.5. The third-order valence-corrected chi connectivity index (χ3v) is 2.26. The van der Waals surface area contributed by atoms with Crippen LogP contribution in [0.4, 0.5) is 0 Å². The summed E-state index contributed by atoms with van der Waals surface area (Å²) >= 11 is 0. The molecule has 3 nitrogen and oxygen atoms in total. The van der Waals surface area contributed by atoms with Crippen LogP contribution in [-0.2, 0) is 9.53 Å². The standard InChI is InChI=1S/C13H25NO2/c1-4-6-7-8-9-14-12(3)11-13(15)16-10-5-2/h4-11H2,1-3H3/b14-12-. The Labute approximate surface area is 99.3 Å². The Morgan fingerprint density at radius 1 is 1.12 bits per heavy atom. The Bertz CT molecular complexity index is 212. The Morgan fingerprint density at radius 2 is 1.88 bits per heavy atom. The topological polar surface area (TPSA) is 38.7 Å². The first kappa shape index (κ1) is 15.1. The van der Waals surface area contributed by atoms with Crippen LogP contribution in [0.1, 0.15) is 59.3 Å². The molecule has 0 rings (SSSR count). The molecule has 0 heterocycles. The van der Waals surface area contributed by atoms with Gasteiger partial charge in [0.25, 0.3) is 0 Å². The first-order valence-electron chi connectivity index (χ1n) is 6.36. The number of esters is 1. The quantitative estimate of drug-likeness (QED) is 0.344. The van der Waals surface area contributed by atoms with E-state index in [1.807, 2.05) is 13.8 Å². The van der Waals surface area contributed by atoms with Crippen LogP contribution in [-0.4, -0.2) is 24.8 Å². The summed E-state index contributed by atoms with van der Waals surface area (Å²) in [4.78, 5) is 15.6. The van der Waals surface area contributed by atoms with E-state index in [0.717, 1.165) is 25.1 Å². The van der Waals surface area contributed by atoms with Gasteiger partial charge in [-0.15, -0.1) is 0 Å². The van der Waals surface area contributed by atoms with E-state index in [-0.39, 0.29) is 5.97 Å². The Balaban J connectivity index is 3.57. The van der Waals surface area contributed by atoms with E-state index in [4.69, 9.17) is 4.74 Å². The highest BCUT2D eigenvalue weighted by Crippen LogP contribution is 2.00. The maximum absolute atomic E-state index is 11.2. The SMILES string of the molecule is CCCCCC/N=C(/C)CC(=O)OCCC. The summed E-state index contributed by atoms with van der Waals surface area (Å²) in [7, 11) is 0. The molecule has 0 aromatic rings. The molecule has 0 aliphatic heterocycles. The lowest BCUT2D eigenvalue weighted by Gasteiger charge is -2.03. The second-order valence-electron chi connectivity index (χ2n) is 4.07. The summed E-state index contributed by atoms with van der Waals surface area (Å²) in [6.07, 6.45) is 6.08. The minimum Gasteiger partial charge on any atom is -0.465 e. The van der Waals surface area contributed by atoms with Gasteiger partial charge in [0.2, 0.25) is 0 Å². The van der Waals surface area contributed by atoms with E-state index in [9.17, 15) is 4.79 Å². The minimum absolute atomic E-state index is 0.156. The van der Waals surface area contributed by atoms with Crippen molar-refractivity contribution in [1.29, 1.82) is 0 Å². The van der Waals surface area contributed by atoms with Crippen LogP contribution in [0.25, 0.3) is 0 Å². The number of aliphatic imine (C=N–C) groups is 1. The van der Waals surface area contributed by atoms with E-state index in [1.165, 1.54) is 19.3 Å². The first-order chi connectivity index (χ1) is 7.70. The lowest BCUT2D eigenvalue weighted by atomic mass is 10.2. The smallest absolute Gasteiger partial charge is 0.311 e. The lowest BCUT2D eigenvalue weighted by molar-refractivity contribution is -0.142. The van der Waals surface area contributed by atoms with E-state index in [0.29, 0.717) is 13.0 Å². The minimum atomic E-state index is -0.156. The Kier molecular flexibility index (Phi) is 10.1. The number of rotatable bonds is 9. The fourth-order valence-electron chi connectivity index (χ4n) is 1.34. The largest absolute Gasteiger partial charge is 0.465 e. The summed E-state index contributed by atoms with van der Waals surface area (Å²) in [5.74, 6) is -0.156. The van der Waals surface area contributed by atoms with Gasteiger partial charge in [-0.25, -0.2) is 0 Å². The maximum atomic E-state index is 11.2. The van der Waals surface area contributed by atoms with Crippen molar-refractivity contribution >= 4 is 11.7 Å². The molecule has 3 heteroatoms. The molecule has 0 aliphatic rings. The molecular formula is C13H25NO2. The number of nitrogens with zero attached hydrogens (tertiary/aromatic N) is 1. The summed E-state index contributed by atoms with van der Waals surface area (Å²) in [5.41, 5.74) is 0.887. The van der Waals surface area contributed by atoms with Gasteiger partial charge in [-0.3, -0.25) is 9.79 Å². The Hall–Kier alpha value is -0.860. The molecule has 0 saturated carbocycles. The highest BCUT2D eigenvalue weighted by Gasteiger charge is 2.03. The molecule has 0 aliphatic carbocycles. The number of ether oxygens (including phenoxy) is 1. The van der Waals surface area contributed by atoms with E-state index in [2.05, 4.69) is 11.9 Å². The van der Waals surface area contributed by atoms with Crippen LogP contribution >= 0.6 is 0 Å². The van der Waals surface area contributed by atoms with Crippen molar-refractivity contribution in [2.24, 2.45) is 4.99 Å². The second kappa shape index (κ2) is 10.7. The predicted molar refractivity (Wildman–Crippen MR) is 68.0 cm³/mol. The van der Waals surface area contributed by atoms with Crippen LogP contribution in [0.15, 0.2) is 4.99 Å². The molecule has 0 saturated heterocycles. The first-order valence-corrected chi connectivity index (χ1v) is 6.36. The van der Waals surface area contributed by atoms with Gasteiger partial charge in [-0.05, 0) is 19.8 Å². The van der Waals surface area contributed by atoms with Crippen LogP contribution < -0.4 is 0 Å². The number of hydrogen-bond acceptors (Lipinski definition) is 3. The van der Waals surface area contributed by atoms with Crippen LogP contribution in [0.2, 0.25) is 0 Å².